The molecule has 1 aliphatic carbocycles. The fourth-order valence-corrected chi connectivity index (χ4v) is 6.79. The van der Waals surface area contributed by atoms with Crippen molar-refractivity contribution in [3.05, 3.63) is 99.2 Å². The number of para-hydroxylation sites is 1. The Morgan fingerprint density at radius 2 is 1.84 bits per heavy atom. The number of pyridine rings is 1. The second-order valence-corrected chi connectivity index (χ2v) is 12.3. The highest BCUT2D eigenvalue weighted by atomic mass is 32.1. The maximum atomic E-state index is 15.2. The maximum absolute atomic E-state index is 15.2. The van der Waals surface area contributed by atoms with Crippen LogP contribution in [0.1, 0.15) is 45.0 Å². The van der Waals surface area contributed by atoms with Gasteiger partial charge in [0, 0.05) is 44.2 Å². The van der Waals surface area contributed by atoms with Gasteiger partial charge in [-0.05, 0) is 61.9 Å². The van der Waals surface area contributed by atoms with Gasteiger partial charge in [-0.25, -0.2) is 9.07 Å². The van der Waals surface area contributed by atoms with Crippen LogP contribution in [0.2, 0.25) is 0 Å². The van der Waals surface area contributed by atoms with Crippen molar-refractivity contribution in [3.63, 3.8) is 0 Å². The minimum Gasteiger partial charge on any atom is -0.453 e. The summed E-state index contributed by atoms with van der Waals surface area (Å²) >= 11 is 1.29. The number of rotatable bonds is 6. The third kappa shape index (κ3) is 4.79. The highest BCUT2D eigenvalue weighted by Gasteiger charge is 2.49. The van der Waals surface area contributed by atoms with Gasteiger partial charge in [0.1, 0.15) is 11.3 Å². The van der Waals surface area contributed by atoms with Crippen molar-refractivity contribution in [3.8, 4) is 17.2 Å². The summed E-state index contributed by atoms with van der Waals surface area (Å²) < 4.78 is 24.8. The minimum atomic E-state index is -0.700. The number of likely N-dealkylation sites (tertiary alicyclic amines) is 1. The normalized spacial score (nSPS) is 15.3. The van der Waals surface area contributed by atoms with Gasteiger partial charge in [-0.1, -0.05) is 18.2 Å². The number of halogens is 1. The Morgan fingerprint density at radius 3 is 2.56 bits per heavy atom. The van der Waals surface area contributed by atoms with E-state index in [-0.39, 0.29) is 22.9 Å². The van der Waals surface area contributed by atoms with Crippen LogP contribution >= 0.6 is 11.3 Å². The van der Waals surface area contributed by atoms with Crippen LogP contribution < -0.4 is 15.6 Å². The number of thiophene rings is 1. The van der Waals surface area contributed by atoms with Crippen LogP contribution in [-0.4, -0.2) is 44.2 Å². The summed E-state index contributed by atoms with van der Waals surface area (Å²) in [6.07, 6.45) is 5.00. The largest absolute Gasteiger partial charge is 0.453 e. The average molecular weight is 598 g/mol. The zero-order valence-corrected chi connectivity index (χ0v) is 24.4. The van der Waals surface area contributed by atoms with Crippen molar-refractivity contribution in [2.24, 2.45) is 12.5 Å². The monoisotopic (exact) mass is 597 g/mol. The SMILES string of the molecule is Cc1c(C(=O)Nc2ccc(Oc3ccnc4cc(C(=O)N5CCC6(CC6)C5)sc34)c(F)c2)c(=O)n(-c2ccccc2)n1C. The molecule has 3 aromatic heterocycles. The third-order valence-electron chi connectivity index (χ3n) is 8.46. The Bertz CT molecular complexity index is 1980. The van der Waals surface area contributed by atoms with Crippen molar-refractivity contribution in [1.82, 2.24) is 19.2 Å². The molecule has 2 amide bonds. The van der Waals surface area contributed by atoms with Crippen LogP contribution in [0.15, 0.2) is 71.7 Å². The van der Waals surface area contributed by atoms with E-state index in [2.05, 4.69) is 10.3 Å². The van der Waals surface area contributed by atoms with Gasteiger partial charge in [0.25, 0.3) is 17.4 Å². The van der Waals surface area contributed by atoms with Crippen LogP contribution in [0.25, 0.3) is 15.9 Å². The van der Waals surface area contributed by atoms with Gasteiger partial charge in [-0.15, -0.1) is 11.3 Å². The van der Waals surface area contributed by atoms with Crippen molar-refractivity contribution in [1.29, 1.82) is 0 Å². The molecule has 7 rings (SSSR count). The number of hydrogen-bond donors (Lipinski definition) is 1. The lowest BCUT2D eigenvalue weighted by Crippen LogP contribution is -2.28. The molecule has 0 atom stereocenters. The van der Waals surface area contributed by atoms with Crippen molar-refractivity contribution >= 4 is 39.1 Å². The summed E-state index contributed by atoms with van der Waals surface area (Å²) in [6, 6.07) is 16.5. The number of nitrogens with one attached hydrogen (secondary N) is 1. The smallest absolute Gasteiger partial charge is 0.284 e. The fraction of sp³-hybridized carbons (Fsp3) is 0.250. The molecule has 2 aromatic carbocycles. The molecule has 9 nitrogen and oxygen atoms in total. The van der Waals surface area contributed by atoms with E-state index in [1.165, 1.54) is 41.0 Å². The van der Waals surface area contributed by atoms with Gasteiger partial charge in [-0.3, -0.25) is 24.0 Å². The van der Waals surface area contributed by atoms with E-state index in [0.717, 1.165) is 25.6 Å². The topological polar surface area (TPSA) is 98.5 Å². The Hall–Kier alpha value is -4.77. The first kappa shape index (κ1) is 27.1. The summed E-state index contributed by atoms with van der Waals surface area (Å²) in [7, 11) is 1.70. The van der Waals surface area contributed by atoms with E-state index in [1.807, 2.05) is 11.0 Å². The van der Waals surface area contributed by atoms with E-state index in [1.54, 1.807) is 61.2 Å². The molecule has 43 heavy (non-hydrogen) atoms. The van der Waals surface area contributed by atoms with E-state index in [0.29, 0.717) is 37.6 Å². The Labute approximate surface area is 250 Å². The zero-order valence-electron chi connectivity index (χ0n) is 23.6. The summed E-state index contributed by atoms with van der Waals surface area (Å²) in [5.41, 5.74) is 1.70. The molecule has 2 aliphatic rings. The number of aromatic nitrogens is 3. The maximum Gasteiger partial charge on any atom is 0.284 e. The molecular weight excluding hydrogens is 569 g/mol. The number of nitrogens with zero attached hydrogens (tertiary/aromatic N) is 4. The van der Waals surface area contributed by atoms with Crippen molar-refractivity contribution in [2.45, 2.75) is 26.2 Å². The molecule has 1 aliphatic heterocycles. The quantitative estimate of drug-likeness (QED) is 0.263. The van der Waals surface area contributed by atoms with Crippen molar-refractivity contribution in [2.75, 3.05) is 18.4 Å². The minimum absolute atomic E-state index is 0.00632. The highest BCUT2D eigenvalue weighted by molar-refractivity contribution is 7.21. The van der Waals surface area contributed by atoms with Gasteiger partial charge >= 0.3 is 0 Å². The van der Waals surface area contributed by atoms with E-state index in [9.17, 15) is 14.4 Å². The number of carbonyl (C=O) groups excluding carboxylic acids is 2. The molecule has 4 heterocycles. The molecule has 0 bridgehead atoms. The Kier molecular flexibility index (Phi) is 6.42. The lowest BCUT2D eigenvalue weighted by atomic mass is 10.1. The second-order valence-electron chi connectivity index (χ2n) is 11.2. The van der Waals surface area contributed by atoms with Gasteiger partial charge in [0.2, 0.25) is 0 Å². The molecule has 0 unspecified atom stereocenters. The number of carbonyl (C=O) groups is 2. The van der Waals surface area contributed by atoms with Crippen molar-refractivity contribution < 1.29 is 18.7 Å². The lowest BCUT2D eigenvalue weighted by molar-refractivity contribution is 0.0789. The molecule has 1 spiro atoms. The first-order valence-electron chi connectivity index (χ1n) is 14.0. The van der Waals surface area contributed by atoms with Crippen LogP contribution in [-0.2, 0) is 7.05 Å². The third-order valence-corrected chi connectivity index (χ3v) is 9.59. The number of benzene rings is 2. The number of ether oxygens (including phenoxy) is 1. The first-order valence-corrected chi connectivity index (χ1v) is 14.9. The zero-order chi connectivity index (χ0) is 29.9. The molecule has 0 radical (unpaired) electrons. The molecule has 2 fully saturated rings. The summed E-state index contributed by atoms with van der Waals surface area (Å²) in [6.45, 7) is 3.25. The first-order chi connectivity index (χ1) is 20.7. The number of fused-ring (bicyclic) bond motifs is 1. The van der Waals surface area contributed by atoms with E-state index >= 15 is 4.39 Å². The van der Waals surface area contributed by atoms with Gasteiger partial charge in [-0.2, -0.15) is 0 Å². The number of anilines is 1. The average Bonchev–Trinajstić information content (AvgIpc) is 3.31. The second kappa shape index (κ2) is 10.2. The van der Waals surface area contributed by atoms with Gasteiger partial charge < -0.3 is 15.0 Å². The molecule has 11 heteroatoms. The fourth-order valence-electron chi connectivity index (χ4n) is 5.75. The number of amides is 2. The van der Waals surface area contributed by atoms with Crippen LogP contribution in [0.4, 0.5) is 10.1 Å². The number of hydrogen-bond acceptors (Lipinski definition) is 6. The van der Waals surface area contributed by atoms with Crippen LogP contribution in [0.3, 0.4) is 0 Å². The van der Waals surface area contributed by atoms with E-state index in [4.69, 9.17) is 4.74 Å². The Morgan fingerprint density at radius 1 is 1.05 bits per heavy atom. The van der Waals surface area contributed by atoms with Crippen LogP contribution in [0.5, 0.6) is 11.5 Å². The molecule has 218 valence electrons. The lowest BCUT2D eigenvalue weighted by Gasteiger charge is -2.14. The van der Waals surface area contributed by atoms with E-state index < -0.39 is 17.3 Å². The van der Waals surface area contributed by atoms with Gasteiger partial charge in [0.15, 0.2) is 11.6 Å². The molecule has 1 saturated heterocycles. The predicted molar refractivity (Wildman–Crippen MR) is 162 cm³/mol. The predicted octanol–water partition coefficient (Wildman–Crippen LogP) is 5.90. The molecule has 1 N–H and O–H groups in total. The molecular formula is C32H28FN5O4S. The highest BCUT2D eigenvalue weighted by Crippen LogP contribution is 2.53. The standard InChI is InChI=1S/C32H28FN5O4S/c1-19-27(31(41)38(36(19)2)21-6-4-3-5-7-21)29(39)35-20-8-9-24(22(33)16-20)42-25-10-14-34-23-17-26(43-28(23)25)30(40)37-15-13-32(18-37)11-12-32/h3-10,14,16-17H,11-13,15,18H2,1-2H3,(H,35,39). The van der Waals surface area contributed by atoms with Crippen LogP contribution in [0, 0.1) is 18.2 Å². The Balaban J connectivity index is 1.10. The summed E-state index contributed by atoms with van der Waals surface area (Å²) in [5, 5.41) is 2.63. The molecule has 5 aromatic rings. The van der Waals surface area contributed by atoms with Gasteiger partial charge in [0.05, 0.1) is 26.5 Å². The molecule has 1 saturated carbocycles. The summed E-state index contributed by atoms with van der Waals surface area (Å²) in [5.74, 6) is -1.02. The summed E-state index contributed by atoms with van der Waals surface area (Å²) in [4.78, 5) is 46.4.